The highest BCUT2D eigenvalue weighted by Gasteiger charge is 2.30. The van der Waals surface area contributed by atoms with Gasteiger partial charge in [-0.2, -0.15) is 0 Å². The molecule has 1 unspecified atom stereocenters. The number of hydrogen-bond acceptors (Lipinski definition) is 4. The first kappa shape index (κ1) is 17.6. The molecule has 1 saturated heterocycles. The summed E-state index contributed by atoms with van der Waals surface area (Å²) in [4.78, 5) is 14.6. The van der Waals surface area contributed by atoms with Crippen LogP contribution in [-0.4, -0.2) is 44.2 Å². The summed E-state index contributed by atoms with van der Waals surface area (Å²) < 4.78 is 11.1. The Morgan fingerprint density at radius 3 is 2.68 bits per heavy atom. The van der Waals surface area contributed by atoms with Gasteiger partial charge in [-0.1, -0.05) is 41.9 Å². The van der Waals surface area contributed by atoms with Gasteiger partial charge in [-0.05, 0) is 18.2 Å². The maximum atomic E-state index is 12.8. The van der Waals surface area contributed by atoms with Crippen molar-refractivity contribution in [3.8, 4) is 11.5 Å². The first-order chi connectivity index (χ1) is 12.2. The molecule has 1 fully saturated rings. The number of nitrogens with zero attached hydrogens (tertiary/aromatic N) is 1. The molecule has 6 heteroatoms. The fourth-order valence-corrected chi connectivity index (χ4v) is 3.20. The van der Waals surface area contributed by atoms with Crippen molar-refractivity contribution in [2.45, 2.75) is 6.04 Å². The zero-order valence-electron chi connectivity index (χ0n) is 14.1. The monoisotopic (exact) mass is 360 g/mol. The highest BCUT2D eigenvalue weighted by atomic mass is 35.5. The van der Waals surface area contributed by atoms with Crippen LogP contribution in [0, 0.1) is 0 Å². The molecule has 1 atom stereocenters. The van der Waals surface area contributed by atoms with Gasteiger partial charge < -0.3 is 19.7 Å². The Bertz CT molecular complexity index is 738. The molecule has 1 aliphatic rings. The predicted octanol–water partition coefficient (Wildman–Crippen LogP) is 2.90. The maximum absolute atomic E-state index is 12.8. The smallest absolute Gasteiger partial charge is 0.261 e. The number of carbonyl (C=O) groups excluding carboxylic acids is 1. The zero-order chi connectivity index (χ0) is 17.6. The molecule has 0 aliphatic carbocycles. The van der Waals surface area contributed by atoms with E-state index in [0.29, 0.717) is 23.9 Å². The standard InChI is InChI=1S/C19H21ClN2O3/c1-24-17-8-4-2-6-14(17)16-12-21-10-11-22(16)19(23)13-25-18-9-5-3-7-15(18)20/h2-9,16,21H,10-13H2,1H3. The average molecular weight is 361 g/mol. The quantitative estimate of drug-likeness (QED) is 0.890. The van der Waals surface area contributed by atoms with E-state index in [2.05, 4.69) is 5.32 Å². The molecule has 0 saturated carbocycles. The van der Waals surface area contributed by atoms with Crippen LogP contribution < -0.4 is 14.8 Å². The highest BCUT2D eigenvalue weighted by molar-refractivity contribution is 6.32. The molecule has 3 rings (SSSR count). The van der Waals surface area contributed by atoms with Crippen molar-refractivity contribution in [1.29, 1.82) is 0 Å². The van der Waals surface area contributed by atoms with Gasteiger partial charge in [0.05, 0.1) is 18.2 Å². The van der Waals surface area contributed by atoms with Crippen molar-refractivity contribution in [1.82, 2.24) is 10.2 Å². The molecule has 1 heterocycles. The van der Waals surface area contributed by atoms with Gasteiger partial charge in [-0.25, -0.2) is 0 Å². The number of carbonyl (C=O) groups is 1. The van der Waals surface area contributed by atoms with Crippen molar-refractivity contribution < 1.29 is 14.3 Å². The molecule has 25 heavy (non-hydrogen) atoms. The normalized spacial score (nSPS) is 17.2. The van der Waals surface area contributed by atoms with E-state index in [-0.39, 0.29) is 18.6 Å². The topological polar surface area (TPSA) is 50.8 Å². The summed E-state index contributed by atoms with van der Waals surface area (Å²) in [5, 5.41) is 3.84. The second kappa shape index (κ2) is 8.23. The van der Waals surface area contributed by atoms with E-state index in [1.807, 2.05) is 41.3 Å². The number of nitrogens with one attached hydrogen (secondary N) is 1. The molecule has 1 N–H and O–H groups in total. The van der Waals surface area contributed by atoms with Gasteiger partial charge in [0.25, 0.3) is 5.91 Å². The van der Waals surface area contributed by atoms with Crippen LogP contribution in [0.5, 0.6) is 11.5 Å². The van der Waals surface area contributed by atoms with Gasteiger partial charge in [0, 0.05) is 25.2 Å². The van der Waals surface area contributed by atoms with Gasteiger partial charge in [-0.3, -0.25) is 4.79 Å². The highest BCUT2D eigenvalue weighted by Crippen LogP contribution is 2.30. The van der Waals surface area contributed by atoms with Crippen LogP contribution >= 0.6 is 11.6 Å². The van der Waals surface area contributed by atoms with E-state index >= 15 is 0 Å². The SMILES string of the molecule is COc1ccccc1C1CNCCN1C(=O)COc1ccccc1Cl. The number of benzene rings is 2. The zero-order valence-corrected chi connectivity index (χ0v) is 14.8. The van der Waals surface area contributed by atoms with Crippen molar-refractivity contribution in [3.05, 3.63) is 59.1 Å². The molecule has 0 spiro atoms. The lowest BCUT2D eigenvalue weighted by Crippen LogP contribution is -2.50. The molecular weight excluding hydrogens is 340 g/mol. The summed E-state index contributed by atoms with van der Waals surface area (Å²) in [6.45, 7) is 2.00. The minimum Gasteiger partial charge on any atom is -0.496 e. The second-order valence-electron chi connectivity index (χ2n) is 5.77. The third-order valence-corrected chi connectivity index (χ3v) is 4.56. The van der Waals surface area contributed by atoms with Crippen LogP contribution in [-0.2, 0) is 4.79 Å². The Hall–Kier alpha value is -2.24. The van der Waals surface area contributed by atoms with Crippen LogP contribution in [0.4, 0.5) is 0 Å². The number of amides is 1. The molecule has 5 nitrogen and oxygen atoms in total. The van der Waals surface area contributed by atoms with Crippen molar-refractivity contribution >= 4 is 17.5 Å². The van der Waals surface area contributed by atoms with E-state index in [1.54, 1.807) is 19.2 Å². The molecule has 132 valence electrons. The first-order valence-electron chi connectivity index (χ1n) is 8.21. The number of rotatable bonds is 5. The number of piperazine rings is 1. The van der Waals surface area contributed by atoms with Gasteiger partial charge in [0.15, 0.2) is 6.61 Å². The van der Waals surface area contributed by atoms with Gasteiger partial charge >= 0.3 is 0 Å². The summed E-state index contributed by atoms with van der Waals surface area (Å²) >= 11 is 6.08. The number of halogens is 1. The van der Waals surface area contributed by atoms with E-state index in [9.17, 15) is 4.79 Å². The molecule has 2 aromatic rings. The molecule has 1 amide bonds. The largest absolute Gasteiger partial charge is 0.496 e. The lowest BCUT2D eigenvalue weighted by Gasteiger charge is -2.37. The number of hydrogen-bond donors (Lipinski definition) is 1. The number of ether oxygens (including phenoxy) is 2. The average Bonchev–Trinajstić information content (AvgIpc) is 2.67. The molecule has 0 bridgehead atoms. The summed E-state index contributed by atoms with van der Waals surface area (Å²) in [5.74, 6) is 1.22. The first-order valence-corrected chi connectivity index (χ1v) is 8.59. The Morgan fingerprint density at radius 1 is 1.20 bits per heavy atom. The fourth-order valence-electron chi connectivity index (χ4n) is 3.01. The van der Waals surface area contributed by atoms with E-state index < -0.39 is 0 Å². The van der Waals surface area contributed by atoms with Gasteiger partial charge in [-0.15, -0.1) is 0 Å². The predicted molar refractivity (Wildman–Crippen MR) is 97.3 cm³/mol. The minimum absolute atomic E-state index is 0.0462. The Morgan fingerprint density at radius 2 is 1.92 bits per heavy atom. The van der Waals surface area contributed by atoms with Gasteiger partial charge in [0.2, 0.25) is 0 Å². The van der Waals surface area contributed by atoms with Crippen LogP contribution in [0.2, 0.25) is 5.02 Å². The minimum atomic E-state index is -0.0905. The summed E-state index contributed by atoms with van der Waals surface area (Å²) in [6.07, 6.45) is 0. The number of para-hydroxylation sites is 2. The molecule has 1 aliphatic heterocycles. The Balaban J connectivity index is 1.74. The summed E-state index contributed by atoms with van der Waals surface area (Å²) in [6, 6.07) is 14.8. The van der Waals surface area contributed by atoms with Crippen molar-refractivity contribution in [2.75, 3.05) is 33.4 Å². The van der Waals surface area contributed by atoms with Crippen LogP contribution in [0.3, 0.4) is 0 Å². The van der Waals surface area contributed by atoms with Crippen LogP contribution in [0.25, 0.3) is 0 Å². The number of methoxy groups -OCH3 is 1. The second-order valence-corrected chi connectivity index (χ2v) is 6.18. The molecule has 2 aromatic carbocycles. The van der Waals surface area contributed by atoms with Crippen molar-refractivity contribution in [3.63, 3.8) is 0 Å². The van der Waals surface area contributed by atoms with Crippen LogP contribution in [0.15, 0.2) is 48.5 Å². The third kappa shape index (κ3) is 4.06. The molecule has 0 radical (unpaired) electrons. The Labute approximate surface area is 152 Å². The lowest BCUT2D eigenvalue weighted by atomic mass is 10.0. The fraction of sp³-hybridized carbons (Fsp3) is 0.316. The summed E-state index contributed by atoms with van der Waals surface area (Å²) in [5.41, 5.74) is 0.989. The maximum Gasteiger partial charge on any atom is 0.261 e. The third-order valence-electron chi connectivity index (χ3n) is 4.25. The van der Waals surface area contributed by atoms with Crippen LogP contribution in [0.1, 0.15) is 11.6 Å². The van der Waals surface area contributed by atoms with E-state index in [1.165, 1.54) is 0 Å². The van der Waals surface area contributed by atoms with E-state index in [4.69, 9.17) is 21.1 Å². The molecule has 0 aromatic heterocycles. The Kier molecular flexibility index (Phi) is 5.79. The lowest BCUT2D eigenvalue weighted by molar-refractivity contribution is -0.136. The van der Waals surface area contributed by atoms with Gasteiger partial charge in [0.1, 0.15) is 11.5 Å². The van der Waals surface area contributed by atoms with E-state index in [0.717, 1.165) is 17.9 Å². The van der Waals surface area contributed by atoms with Crippen molar-refractivity contribution in [2.24, 2.45) is 0 Å². The summed E-state index contributed by atoms with van der Waals surface area (Å²) in [7, 11) is 1.64. The molecular formula is C19H21ClN2O3.